The van der Waals surface area contributed by atoms with Crippen LogP contribution < -0.4 is 4.90 Å². The summed E-state index contributed by atoms with van der Waals surface area (Å²) in [6.45, 7) is 2.64. The molecule has 2 fully saturated rings. The number of fused-ring (bicyclic) bond motifs is 1. The molecule has 1 aromatic carbocycles. The molecule has 2 saturated heterocycles. The zero-order valence-electron chi connectivity index (χ0n) is 18.0. The topological polar surface area (TPSA) is 61.5 Å². The van der Waals surface area contributed by atoms with E-state index in [2.05, 4.69) is 0 Å². The van der Waals surface area contributed by atoms with Crippen molar-refractivity contribution in [2.75, 3.05) is 44.8 Å². The number of halogens is 3. The fourth-order valence-corrected chi connectivity index (χ4v) is 5.10. The van der Waals surface area contributed by atoms with E-state index < -0.39 is 11.7 Å². The minimum atomic E-state index is -4.59. The van der Waals surface area contributed by atoms with Crippen molar-refractivity contribution in [3.05, 3.63) is 53.3 Å². The Balaban J connectivity index is 1.59. The molecule has 9 heteroatoms. The van der Waals surface area contributed by atoms with E-state index in [1.807, 2.05) is 29.1 Å². The van der Waals surface area contributed by atoms with E-state index in [9.17, 15) is 18.0 Å². The summed E-state index contributed by atoms with van der Waals surface area (Å²) in [5.41, 5.74) is -0.485. The first-order valence-electron chi connectivity index (χ1n) is 10.4. The maximum atomic E-state index is 13.4. The highest BCUT2D eigenvalue weighted by Gasteiger charge is 2.51. The van der Waals surface area contributed by atoms with Crippen molar-refractivity contribution >= 4 is 11.6 Å². The highest BCUT2D eigenvalue weighted by molar-refractivity contribution is 5.93. The Morgan fingerprint density at radius 2 is 2.09 bits per heavy atom. The molecule has 4 rings (SSSR count). The molecule has 0 N–H and O–H groups in total. The van der Waals surface area contributed by atoms with Crippen LogP contribution in [0.25, 0.3) is 0 Å². The summed E-state index contributed by atoms with van der Waals surface area (Å²) >= 11 is 0. The van der Waals surface area contributed by atoms with Gasteiger partial charge in [-0.2, -0.15) is 18.4 Å². The predicted molar refractivity (Wildman–Crippen MR) is 112 cm³/mol. The Bertz CT molecular complexity index is 1060. The summed E-state index contributed by atoms with van der Waals surface area (Å²) in [5, 5.41) is 9.06. The van der Waals surface area contributed by atoms with Gasteiger partial charge in [0.05, 0.1) is 23.8 Å². The van der Waals surface area contributed by atoms with Crippen molar-refractivity contribution in [2.45, 2.75) is 12.6 Å². The maximum absolute atomic E-state index is 13.4. The second-order valence-corrected chi connectivity index (χ2v) is 8.72. The molecule has 2 atom stereocenters. The lowest BCUT2D eigenvalue weighted by atomic mass is 9.73. The number of benzene rings is 1. The van der Waals surface area contributed by atoms with E-state index in [0.717, 1.165) is 6.07 Å². The minimum absolute atomic E-state index is 0.0494. The standard InChI is InChI=1S/C23H25F3N4O2/c1-28-8-3-4-20(28)21(31)30-13-17-12-29(9-7-22(17,14-30)15-32-2)18-6-5-16(11-27)19(10-18)23(24,25)26/h3-6,8,10,17H,7,9,12-15H2,1-2H3/t17-,22+/m1/s1. The van der Waals surface area contributed by atoms with Gasteiger partial charge in [0.2, 0.25) is 0 Å². The third-order valence-corrected chi connectivity index (χ3v) is 6.81. The monoisotopic (exact) mass is 446 g/mol. The Hall–Kier alpha value is -2.99. The molecule has 0 radical (unpaired) electrons. The summed E-state index contributed by atoms with van der Waals surface area (Å²) in [7, 11) is 3.46. The molecule has 0 unspecified atom stereocenters. The third-order valence-electron chi connectivity index (χ3n) is 6.81. The molecule has 0 aliphatic carbocycles. The Kier molecular flexibility index (Phi) is 5.67. The molecule has 0 bridgehead atoms. The van der Waals surface area contributed by atoms with Crippen molar-refractivity contribution in [1.29, 1.82) is 5.26 Å². The first-order valence-corrected chi connectivity index (χ1v) is 10.4. The van der Waals surface area contributed by atoms with Gasteiger partial charge in [-0.1, -0.05) is 0 Å². The Morgan fingerprint density at radius 3 is 2.72 bits per heavy atom. The number of ether oxygens (including phenoxy) is 1. The average molecular weight is 446 g/mol. The number of nitriles is 1. The van der Waals surface area contributed by atoms with Crippen LogP contribution in [0.15, 0.2) is 36.5 Å². The number of hydrogen-bond acceptors (Lipinski definition) is 4. The molecule has 1 aromatic heterocycles. The van der Waals surface area contributed by atoms with E-state index in [1.54, 1.807) is 29.9 Å². The SMILES string of the molecule is COC[C@@]12CCN(c3ccc(C#N)c(C(F)(F)F)c3)C[C@@H]1CN(C(=O)c1cccn1C)C2. The molecule has 32 heavy (non-hydrogen) atoms. The van der Waals surface area contributed by atoms with Crippen molar-refractivity contribution in [2.24, 2.45) is 18.4 Å². The molecule has 2 aromatic rings. The molecule has 0 spiro atoms. The van der Waals surface area contributed by atoms with Gasteiger partial charge in [0.15, 0.2) is 0 Å². The van der Waals surface area contributed by atoms with Gasteiger partial charge in [0.1, 0.15) is 5.69 Å². The average Bonchev–Trinajstić information content (AvgIpc) is 3.35. The summed E-state index contributed by atoms with van der Waals surface area (Å²) in [4.78, 5) is 16.8. The van der Waals surface area contributed by atoms with E-state index in [0.29, 0.717) is 50.6 Å². The molecule has 3 heterocycles. The maximum Gasteiger partial charge on any atom is 0.417 e. The number of alkyl halides is 3. The van der Waals surface area contributed by atoms with Crippen molar-refractivity contribution in [1.82, 2.24) is 9.47 Å². The van der Waals surface area contributed by atoms with Crippen molar-refractivity contribution < 1.29 is 22.7 Å². The molecule has 2 aliphatic heterocycles. The van der Waals surface area contributed by atoms with Gasteiger partial charge in [0.25, 0.3) is 5.91 Å². The highest BCUT2D eigenvalue weighted by atomic mass is 19.4. The largest absolute Gasteiger partial charge is 0.417 e. The van der Waals surface area contributed by atoms with Gasteiger partial charge in [-0.25, -0.2) is 0 Å². The summed E-state index contributed by atoms with van der Waals surface area (Å²) < 4.78 is 47.6. The van der Waals surface area contributed by atoms with Crippen LogP contribution >= 0.6 is 0 Å². The molecule has 0 saturated carbocycles. The van der Waals surface area contributed by atoms with E-state index in [4.69, 9.17) is 10.00 Å². The van der Waals surface area contributed by atoms with Crippen molar-refractivity contribution in [3.8, 4) is 6.07 Å². The normalized spacial score (nSPS) is 23.2. The van der Waals surface area contributed by atoms with Gasteiger partial charge in [0, 0.05) is 63.6 Å². The number of likely N-dealkylation sites (tertiary alicyclic amines) is 1. The number of carbonyl (C=O) groups excluding carboxylic acids is 1. The number of hydrogen-bond donors (Lipinski definition) is 0. The van der Waals surface area contributed by atoms with Crippen LogP contribution in [0.3, 0.4) is 0 Å². The van der Waals surface area contributed by atoms with Gasteiger partial charge in [-0.15, -0.1) is 0 Å². The highest BCUT2D eigenvalue weighted by Crippen LogP contribution is 2.45. The Labute approximate surface area is 184 Å². The first-order chi connectivity index (χ1) is 15.2. The van der Waals surface area contributed by atoms with Crippen LogP contribution in [0, 0.1) is 22.7 Å². The number of carbonyl (C=O) groups is 1. The van der Waals surface area contributed by atoms with Gasteiger partial charge >= 0.3 is 6.18 Å². The third kappa shape index (κ3) is 3.84. The summed E-state index contributed by atoms with van der Waals surface area (Å²) in [5.74, 6) is 0.0112. The molecule has 170 valence electrons. The molecule has 6 nitrogen and oxygen atoms in total. The lowest BCUT2D eigenvalue weighted by Gasteiger charge is -2.44. The van der Waals surface area contributed by atoms with Crippen LogP contribution in [0.4, 0.5) is 18.9 Å². The number of aromatic nitrogens is 1. The molecular formula is C23H25F3N4O2. The van der Waals surface area contributed by atoms with E-state index in [-0.39, 0.29) is 22.8 Å². The van der Waals surface area contributed by atoms with Gasteiger partial charge < -0.3 is 19.1 Å². The van der Waals surface area contributed by atoms with Crippen LogP contribution in [0.5, 0.6) is 0 Å². The van der Waals surface area contributed by atoms with Crippen LogP contribution in [-0.4, -0.2) is 55.3 Å². The lowest BCUT2D eigenvalue weighted by molar-refractivity contribution is -0.137. The van der Waals surface area contributed by atoms with Gasteiger partial charge in [-0.3, -0.25) is 4.79 Å². The fraction of sp³-hybridized carbons (Fsp3) is 0.478. The number of anilines is 1. The first kappa shape index (κ1) is 22.2. The van der Waals surface area contributed by atoms with Crippen LogP contribution in [0.1, 0.15) is 28.0 Å². The zero-order valence-corrected chi connectivity index (χ0v) is 18.0. The summed E-state index contributed by atoms with van der Waals surface area (Å²) in [6.07, 6.45) is -2.07. The lowest BCUT2D eigenvalue weighted by Crippen LogP contribution is -2.49. The number of nitrogens with zero attached hydrogens (tertiary/aromatic N) is 4. The van der Waals surface area contributed by atoms with Crippen LogP contribution in [-0.2, 0) is 18.0 Å². The molecular weight excluding hydrogens is 421 g/mol. The number of rotatable bonds is 4. The zero-order chi connectivity index (χ0) is 23.1. The molecule has 1 amide bonds. The number of methoxy groups -OCH3 is 1. The van der Waals surface area contributed by atoms with E-state index in [1.165, 1.54) is 6.07 Å². The second kappa shape index (κ2) is 8.17. The van der Waals surface area contributed by atoms with Crippen LogP contribution in [0.2, 0.25) is 0 Å². The summed E-state index contributed by atoms with van der Waals surface area (Å²) in [6, 6.07) is 9.10. The number of amides is 1. The smallest absolute Gasteiger partial charge is 0.384 e. The Morgan fingerprint density at radius 1 is 1.31 bits per heavy atom. The van der Waals surface area contributed by atoms with Crippen molar-refractivity contribution in [3.63, 3.8) is 0 Å². The molecule has 2 aliphatic rings. The predicted octanol–water partition coefficient (Wildman–Crippen LogP) is 3.53. The van der Waals surface area contributed by atoms with E-state index >= 15 is 0 Å². The van der Waals surface area contributed by atoms with Gasteiger partial charge in [-0.05, 0) is 36.8 Å². The number of piperidine rings is 1. The fourth-order valence-electron chi connectivity index (χ4n) is 5.10. The number of aryl methyl sites for hydroxylation is 1. The second-order valence-electron chi connectivity index (χ2n) is 8.72. The quantitative estimate of drug-likeness (QED) is 0.721. The minimum Gasteiger partial charge on any atom is -0.384 e.